The average Bonchev–Trinajstić information content (AvgIpc) is 2.57. The lowest BCUT2D eigenvalue weighted by Crippen LogP contribution is -1.86. The number of nitrogens with one attached hydrogen (secondary N) is 1. The van der Waals surface area contributed by atoms with E-state index in [1.807, 2.05) is 12.1 Å². The van der Waals surface area contributed by atoms with Crippen LogP contribution in [0, 0.1) is 0 Å². The van der Waals surface area contributed by atoms with Gasteiger partial charge in [-0.05, 0) is 31.0 Å². The van der Waals surface area contributed by atoms with Crippen LogP contribution in [-0.2, 0) is 6.42 Å². The van der Waals surface area contributed by atoms with Crippen LogP contribution in [0.25, 0.3) is 10.9 Å². The second kappa shape index (κ2) is 4.32. The lowest BCUT2D eigenvalue weighted by molar-refractivity contribution is 0.879. The van der Waals surface area contributed by atoms with E-state index in [2.05, 4.69) is 32.2 Å². The standard InChI is InChI=1S/C10H10BrClN2/c11-7-3-4-8-9(2-1-5-12)13-14-10(8)6-7/h3-4,6H,1-2,5H2,(H,13,14). The summed E-state index contributed by atoms with van der Waals surface area (Å²) in [5.74, 6) is 0.685. The Morgan fingerprint density at radius 3 is 3.07 bits per heavy atom. The molecule has 74 valence electrons. The van der Waals surface area contributed by atoms with Gasteiger partial charge < -0.3 is 0 Å². The van der Waals surface area contributed by atoms with Gasteiger partial charge in [0.25, 0.3) is 0 Å². The highest BCUT2D eigenvalue weighted by Gasteiger charge is 2.04. The summed E-state index contributed by atoms with van der Waals surface area (Å²) in [6, 6.07) is 6.14. The quantitative estimate of drug-likeness (QED) is 0.852. The number of benzene rings is 1. The average molecular weight is 274 g/mol. The Morgan fingerprint density at radius 2 is 2.29 bits per heavy atom. The minimum Gasteiger partial charge on any atom is -0.278 e. The van der Waals surface area contributed by atoms with Gasteiger partial charge in [0.05, 0.1) is 11.2 Å². The maximum atomic E-state index is 5.65. The Labute approximate surface area is 95.8 Å². The summed E-state index contributed by atoms with van der Waals surface area (Å²) in [5, 5.41) is 8.48. The number of H-pyrrole nitrogens is 1. The Hall–Kier alpha value is -0.540. The first-order chi connectivity index (χ1) is 6.81. The number of hydrogen-bond donors (Lipinski definition) is 1. The van der Waals surface area contributed by atoms with E-state index in [0.29, 0.717) is 5.88 Å². The molecule has 2 aromatic rings. The number of nitrogens with zero attached hydrogens (tertiary/aromatic N) is 1. The highest BCUT2D eigenvalue weighted by molar-refractivity contribution is 9.10. The number of hydrogen-bond acceptors (Lipinski definition) is 1. The predicted molar refractivity (Wildman–Crippen MR) is 62.8 cm³/mol. The van der Waals surface area contributed by atoms with Crippen molar-refractivity contribution >= 4 is 38.4 Å². The van der Waals surface area contributed by atoms with E-state index >= 15 is 0 Å². The predicted octanol–water partition coefficient (Wildman–Crippen LogP) is 3.50. The summed E-state index contributed by atoms with van der Waals surface area (Å²) in [5.41, 5.74) is 2.18. The summed E-state index contributed by atoms with van der Waals surface area (Å²) < 4.78 is 1.07. The summed E-state index contributed by atoms with van der Waals surface area (Å²) in [6.45, 7) is 0. The summed E-state index contributed by atoms with van der Waals surface area (Å²) in [6.07, 6.45) is 1.91. The fourth-order valence-electron chi connectivity index (χ4n) is 1.47. The van der Waals surface area contributed by atoms with Crippen LogP contribution in [0.1, 0.15) is 12.1 Å². The second-order valence-electron chi connectivity index (χ2n) is 3.15. The van der Waals surface area contributed by atoms with Crippen LogP contribution < -0.4 is 0 Å². The van der Waals surface area contributed by atoms with E-state index in [1.54, 1.807) is 0 Å². The molecule has 0 unspecified atom stereocenters. The van der Waals surface area contributed by atoms with Gasteiger partial charge in [-0.3, -0.25) is 5.10 Å². The number of halogens is 2. The molecule has 0 saturated heterocycles. The van der Waals surface area contributed by atoms with Crippen molar-refractivity contribution in [2.45, 2.75) is 12.8 Å². The molecule has 4 heteroatoms. The van der Waals surface area contributed by atoms with Crippen molar-refractivity contribution in [2.75, 3.05) is 5.88 Å². The maximum Gasteiger partial charge on any atom is 0.0701 e. The SMILES string of the molecule is ClCCCc1n[nH]c2cc(Br)ccc12. The minimum atomic E-state index is 0.685. The molecular weight excluding hydrogens is 263 g/mol. The van der Waals surface area contributed by atoms with E-state index < -0.39 is 0 Å². The monoisotopic (exact) mass is 272 g/mol. The van der Waals surface area contributed by atoms with Crippen molar-refractivity contribution in [1.29, 1.82) is 0 Å². The second-order valence-corrected chi connectivity index (χ2v) is 4.45. The van der Waals surface area contributed by atoms with E-state index in [1.165, 1.54) is 5.39 Å². The number of alkyl halides is 1. The third-order valence-electron chi connectivity index (χ3n) is 2.15. The largest absolute Gasteiger partial charge is 0.278 e. The van der Waals surface area contributed by atoms with Gasteiger partial charge >= 0.3 is 0 Å². The molecule has 1 heterocycles. The van der Waals surface area contributed by atoms with E-state index in [0.717, 1.165) is 28.5 Å². The number of aromatic amines is 1. The third-order valence-corrected chi connectivity index (χ3v) is 2.91. The lowest BCUT2D eigenvalue weighted by atomic mass is 10.1. The number of rotatable bonds is 3. The lowest BCUT2D eigenvalue weighted by Gasteiger charge is -1.94. The first kappa shape index (κ1) is 9.99. The van der Waals surface area contributed by atoms with Gasteiger partial charge in [0.15, 0.2) is 0 Å². The Bertz CT molecular complexity index is 439. The van der Waals surface area contributed by atoms with Crippen molar-refractivity contribution < 1.29 is 0 Å². The molecule has 0 radical (unpaired) electrons. The normalized spacial score (nSPS) is 11.0. The minimum absolute atomic E-state index is 0.685. The van der Waals surface area contributed by atoms with Crippen molar-refractivity contribution in [3.05, 3.63) is 28.4 Å². The molecule has 0 aliphatic rings. The smallest absolute Gasteiger partial charge is 0.0701 e. The molecule has 0 bridgehead atoms. The zero-order chi connectivity index (χ0) is 9.97. The van der Waals surface area contributed by atoms with Gasteiger partial charge in [0, 0.05) is 15.7 Å². The van der Waals surface area contributed by atoms with Gasteiger partial charge in [-0.25, -0.2) is 0 Å². The zero-order valence-electron chi connectivity index (χ0n) is 7.56. The maximum absolute atomic E-state index is 5.65. The molecule has 1 aromatic carbocycles. The molecule has 0 atom stereocenters. The highest BCUT2D eigenvalue weighted by atomic mass is 79.9. The molecular formula is C10H10BrClN2. The zero-order valence-corrected chi connectivity index (χ0v) is 9.90. The van der Waals surface area contributed by atoms with Crippen molar-refractivity contribution in [3.63, 3.8) is 0 Å². The molecule has 2 rings (SSSR count). The van der Waals surface area contributed by atoms with Gasteiger partial charge in [-0.1, -0.05) is 15.9 Å². The van der Waals surface area contributed by atoms with Crippen molar-refractivity contribution in [3.8, 4) is 0 Å². The summed E-state index contributed by atoms with van der Waals surface area (Å²) in [7, 11) is 0. The number of aryl methyl sites for hydroxylation is 1. The van der Waals surface area contributed by atoms with Crippen LogP contribution in [0.5, 0.6) is 0 Å². The fraction of sp³-hybridized carbons (Fsp3) is 0.300. The van der Waals surface area contributed by atoms with Gasteiger partial charge in [-0.2, -0.15) is 5.10 Å². The Kier molecular flexibility index (Phi) is 3.08. The highest BCUT2D eigenvalue weighted by Crippen LogP contribution is 2.21. The van der Waals surface area contributed by atoms with Crippen LogP contribution in [-0.4, -0.2) is 16.1 Å². The molecule has 0 aliphatic heterocycles. The van der Waals surface area contributed by atoms with Crippen LogP contribution in [0.4, 0.5) is 0 Å². The molecule has 0 amide bonds. The third kappa shape index (κ3) is 1.93. The molecule has 1 aromatic heterocycles. The molecule has 0 saturated carbocycles. The van der Waals surface area contributed by atoms with Crippen molar-refractivity contribution in [1.82, 2.24) is 10.2 Å². The molecule has 14 heavy (non-hydrogen) atoms. The molecule has 1 N–H and O–H groups in total. The van der Waals surface area contributed by atoms with Gasteiger partial charge in [-0.15, -0.1) is 11.6 Å². The van der Waals surface area contributed by atoms with E-state index in [-0.39, 0.29) is 0 Å². The van der Waals surface area contributed by atoms with Gasteiger partial charge in [0.2, 0.25) is 0 Å². The Morgan fingerprint density at radius 1 is 1.43 bits per heavy atom. The first-order valence-electron chi connectivity index (χ1n) is 4.50. The number of aromatic nitrogens is 2. The first-order valence-corrected chi connectivity index (χ1v) is 5.82. The van der Waals surface area contributed by atoms with Gasteiger partial charge in [0.1, 0.15) is 0 Å². The summed E-state index contributed by atoms with van der Waals surface area (Å²) >= 11 is 9.07. The molecule has 0 fully saturated rings. The molecule has 0 aliphatic carbocycles. The van der Waals surface area contributed by atoms with Crippen molar-refractivity contribution in [2.24, 2.45) is 0 Å². The Balaban J connectivity index is 2.37. The summed E-state index contributed by atoms with van der Waals surface area (Å²) in [4.78, 5) is 0. The molecule has 0 spiro atoms. The van der Waals surface area contributed by atoms with Crippen LogP contribution in [0.15, 0.2) is 22.7 Å². The van der Waals surface area contributed by atoms with E-state index in [9.17, 15) is 0 Å². The van der Waals surface area contributed by atoms with E-state index in [4.69, 9.17) is 11.6 Å². The topological polar surface area (TPSA) is 28.7 Å². The van der Waals surface area contributed by atoms with Crippen LogP contribution in [0.2, 0.25) is 0 Å². The fourth-order valence-corrected chi connectivity index (χ4v) is 1.97. The van der Waals surface area contributed by atoms with Crippen LogP contribution >= 0.6 is 27.5 Å². The molecule has 2 nitrogen and oxygen atoms in total. The number of fused-ring (bicyclic) bond motifs is 1. The van der Waals surface area contributed by atoms with Crippen LogP contribution in [0.3, 0.4) is 0 Å².